The van der Waals surface area contributed by atoms with E-state index in [-0.39, 0.29) is 29.2 Å². The van der Waals surface area contributed by atoms with Gasteiger partial charge in [0.25, 0.3) is 0 Å². The van der Waals surface area contributed by atoms with E-state index in [1.807, 2.05) is 33.7 Å². The van der Waals surface area contributed by atoms with Gasteiger partial charge in [-0.15, -0.1) is 10.2 Å². The van der Waals surface area contributed by atoms with Crippen LogP contribution in [0.4, 0.5) is 0 Å². The highest BCUT2D eigenvalue weighted by Gasteiger charge is 2.37. The number of nitrogens with zero attached hydrogens (tertiary/aromatic N) is 5. The Bertz CT molecular complexity index is 1260. The zero-order valence-electron chi connectivity index (χ0n) is 18.2. The quantitative estimate of drug-likeness (QED) is 0.564. The lowest BCUT2D eigenvalue weighted by atomic mass is 9.93. The number of fused-ring (bicyclic) bond motifs is 1. The molecule has 0 bridgehead atoms. The summed E-state index contributed by atoms with van der Waals surface area (Å²) in [5.74, 6) is 0.676. The molecule has 8 nitrogen and oxygen atoms in total. The summed E-state index contributed by atoms with van der Waals surface area (Å²) in [5, 5.41) is 9.13. The van der Waals surface area contributed by atoms with Crippen molar-refractivity contribution in [1.82, 2.24) is 23.8 Å². The van der Waals surface area contributed by atoms with Gasteiger partial charge in [-0.1, -0.05) is 17.7 Å². The van der Waals surface area contributed by atoms with Gasteiger partial charge in [-0.25, -0.2) is 8.42 Å². The number of pyridine rings is 1. The molecule has 3 aromatic rings. The summed E-state index contributed by atoms with van der Waals surface area (Å²) in [4.78, 5) is 15.5. The molecule has 174 valence electrons. The maximum Gasteiger partial charge on any atom is 0.243 e. The third kappa shape index (κ3) is 4.37. The molecule has 2 aliphatic rings. The summed E-state index contributed by atoms with van der Waals surface area (Å²) in [7, 11) is -3.66. The van der Waals surface area contributed by atoms with Crippen LogP contribution in [-0.4, -0.2) is 64.3 Å². The largest absolute Gasteiger partial charge is 0.342 e. The van der Waals surface area contributed by atoms with Gasteiger partial charge in [0, 0.05) is 43.3 Å². The Morgan fingerprint density at radius 3 is 2.58 bits per heavy atom. The van der Waals surface area contributed by atoms with Crippen molar-refractivity contribution in [3.63, 3.8) is 0 Å². The number of benzene rings is 1. The van der Waals surface area contributed by atoms with E-state index in [4.69, 9.17) is 11.6 Å². The van der Waals surface area contributed by atoms with Crippen LogP contribution in [0.5, 0.6) is 0 Å². The highest BCUT2D eigenvalue weighted by molar-refractivity contribution is 7.89. The standard InChI is InChI=1S/C23H26ClN5O3S/c24-19-8-10-20(11-9-19)33(31,32)28-13-4-6-18(16-28)23(30)27-12-3-5-17(15-27)22-26-25-21-7-1-2-14-29(21)22/h1-2,7-11,14,17-18H,3-6,12-13,15-16H2. The van der Waals surface area contributed by atoms with E-state index >= 15 is 0 Å². The molecule has 1 aromatic carbocycles. The van der Waals surface area contributed by atoms with Gasteiger partial charge in [-0.3, -0.25) is 9.20 Å². The number of carbonyl (C=O) groups is 1. The summed E-state index contributed by atoms with van der Waals surface area (Å²) in [5.41, 5.74) is 0.797. The van der Waals surface area contributed by atoms with Crippen molar-refractivity contribution < 1.29 is 13.2 Å². The number of likely N-dealkylation sites (tertiary alicyclic amines) is 1. The van der Waals surface area contributed by atoms with E-state index in [9.17, 15) is 13.2 Å². The fraction of sp³-hybridized carbons (Fsp3) is 0.435. The lowest BCUT2D eigenvalue weighted by Crippen LogP contribution is -2.48. The fourth-order valence-corrected chi connectivity index (χ4v) is 6.55. The van der Waals surface area contributed by atoms with E-state index in [1.54, 1.807) is 12.1 Å². The number of sulfonamides is 1. The van der Waals surface area contributed by atoms with Gasteiger partial charge in [0.1, 0.15) is 5.82 Å². The van der Waals surface area contributed by atoms with E-state index in [2.05, 4.69) is 10.2 Å². The smallest absolute Gasteiger partial charge is 0.243 e. The molecule has 0 spiro atoms. The first-order chi connectivity index (χ1) is 15.9. The van der Waals surface area contributed by atoms with Crippen LogP contribution < -0.4 is 0 Å². The number of aromatic nitrogens is 3. The predicted octanol–water partition coefficient (Wildman–Crippen LogP) is 3.19. The third-order valence-corrected chi connectivity index (χ3v) is 8.75. The maximum atomic E-state index is 13.4. The Hall–Kier alpha value is -2.49. The molecule has 2 aliphatic heterocycles. The molecule has 2 aromatic heterocycles. The minimum absolute atomic E-state index is 0.0320. The monoisotopic (exact) mass is 487 g/mol. The maximum absolute atomic E-state index is 13.4. The van der Waals surface area contributed by atoms with Crippen molar-refractivity contribution in [2.75, 3.05) is 26.2 Å². The molecule has 0 aliphatic carbocycles. The van der Waals surface area contributed by atoms with Crippen LogP contribution in [0.1, 0.15) is 37.4 Å². The van der Waals surface area contributed by atoms with Crippen LogP contribution in [0, 0.1) is 5.92 Å². The molecule has 5 rings (SSSR count). The zero-order chi connectivity index (χ0) is 23.0. The van der Waals surface area contributed by atoms with Crippen LogP contribution in [0.2, 0.25) is 5.02 Å². The van der Waals surface area contributed by atoms with Gasteiger partial charge in [0.2, 0.25) is 15.9 Å². The van der Waals surface area contributed by atoms with Crippen LogP contribution in [0.25, 0.3) is 5.65 Å². The highest BCUT2D eigenvalue weighted by atomic mass is 35.5. The molecule has 2 unspecified atom stereocenters. The van der Waals surface area contributed by atoms with Gasteiger partial charge in [0.15, 0.2) is 5.65 Å². The van der Waals surface area contributed by atoms with Crippen molar-refractivity contribution in [3.8, 4) is 0 Å². The number of piperidine rings is 2. The number of carbonyl (C=O) groups excluding carboxylic acids is 1. The summed E-state index contributed by atoms with van der Waals surface area (Å²) in [6.07, 6.45) is 5.14. The van der Waals surface area contributed by atoms with E-state index in [1.165, 1.54) is 16.4 Å². The molecular weight excluding hydrogens is 462 g/mol. The number of amides is 1. The third-order valence-electron chi connectivity index (χ3n) is 6.62. The summed E-state index contributed by atoms with van der Waals surface area (Å²) < 4.78 is 29.7. The SMILES string of the molecule is O=C(C1CCCN(S(=O)(=O)c2ccc(Cl)cc2)C1)N1CCCC(c2nnc3ccccn23)C1. The minimum atomic E-state index is -3.66. The van der Waals surface area contributed by atoms with E-state index in [0.29, 0.717) is 37.5 Å². The molecule has 0 saturated carbocycles. The minimum Gasteiger partial charge on any atom is -0.342 e. The highest BCUT2D eigenvalue weighted by Crippen LogP contribution is 2.30. The normalized spacial score (nSPS) is 22.5. The molecule has 2 fully saturated rings. The molecule has 1 amide bonds. The van der Waals surface area contributed by atoms with Gasteiger partial charge < -0.3 is 4.90 Å². The molecule has 0 radical (unpaired) electrons. The molecule has 2 saturated heterocycles. The van der Waals surface area contributed by atoms with Crippen molar-refractivity contribution >= 4 is 33.2 Å². The van der Waals surface area contributed by atoms with Gasteiger partial charge >= 0.3 is 0 Å². The Labute approximate surface area is 198 Å². The fourth-order valence-electron chi connectivity index (χ4n) is 4.90. The molecule has 10 heteroatoms. The van der Waals surface area contributed by atoms with Crippen molar-refractivity contribution in [1.29, 1.82) is 0 Å². The lowest BCUT2D eigenvalue weighted by Gasteiger charge is -2.37. The number of rotatable bonds is 4. The predicted molar refractivity (Wildman–Crippen MR) is 124 cm³/mol. The second-order valence-electron chi connectivity index (χ2n) is 8.77. The Morgan fingerprint density at radius 2 is 1.76 bits per heavy atom. The first-order valence-corrected chi connectivity index (χ1v) is 13.1. The van der Waals surface area contributed by atoms with Crippen LogP contribution in [-0.2, 0) is 14.8 Å². The lowest BCUT2D eigenvalue weighted by molar-refractivity contribution is -0.138. The van der Waals surface area contributed by atoms with Gasteiger partial charge in [0.05, 0.1) is 10.8 Å². The first-order valence-electron chi connectivity index (χ1n) is 11.3. The average Bonchev–Trinajstić information content (AvgIpc) is 3.28. The first kappa shape index (κ1) is 22.3. The van der Waals surface area contributed by atoms with Crippen LogP contribution in [0.3, 0.4) is 0 Å². The molecule has 0 N–H and O–H groups in total. The van der Waals surface area contributed by atoms with E-state index in [0.717, 1.165) is 24.3 Å². The van der Waals surface area contributed by atoms with Crippen molar-refractivity contribution in [3.05, 3.63) is 59.5 Å². The number of halogens is 1. The van der Waals surface area contributed by atoms with Crippen LogP contribution in [0.15, 0.2) is 53.6 Å². The summed E-state index contributed by atoms with van der Waals surface area (Å²) in [6.45, 7) is 1.89. The Morgan fingerprint density at radius 1 is 0.970 bits per heavy atom. The topological polar surface area (TPSA) is 87.9 Å². The van der Waals surface area contributed by atoms with Crippen LogP contribution >= 0.6 is 11.6 Å². The van der Waals surface area contributed by atoms with Gasteiger partial charge in [-0.2, -0.15) is 4.31 Å². The molecule has 33 heavy (non-hydrogen) atoms. The average molecular weight is 488 g/mol. The Kier molecular flexibility index (Phi) is 6.11. The molecular formula is C23H26ClN5O3S. The number of hydrogen-bond acceptors (Lipinski definition) is 5. The second kappa shape index (κ2) is 9.04. The van der Waals surface area contributed by atoms with Crippen molar-refractivity contribution in [2.45, 2.75) is 36.5 Å². The molecule has 4 heterocycles. The number of hydrogen-bond donors (Lipinski definition) is 0. The molecule has 2 atom stereocenters. The van der Waals surface area contributed by atoms with E-state index < -0.39 is 10.0 Å². The van der Waals surface area contributed by atoms with Crippen molar-refractivity contribution in [2.24, 2.45) is 5.92 Å². The Balaban J connectivity index is 1.30. The summed E-state index contributed by atoms with van der Waals surface area (Å²) >= 11 is 5.91. The summed E-state index contributed by atoms with van der Waals surface area (Å²) in [6, 6.07) is 12.0. The zero-order valence-corrected chi connectivity index (χ0v) is 19.7. The van der Waals surface area contributed by atoms with Gasteiger partial charge in [-0.05, 0) is 62.1 Å². The second-order valence-corrected chi connectivity index (χ2v) is 11.1.